The maximum Gasteiger partial charge on any atom is 0.251 e. The Morgan fingerprint density at radius 2 is 1.70 bits per heavy atom. The maximum atomic E-state index is 11.8. The molecule has 0 bridgehead atoms. The molecule has 0 spiro atoms. The summed E-state index contributed by atoms with van der Waals surface area (Å²) in [6.07, 6.45) is 0.262. The smallest absolute Gasteiger partial charge is 0.251 e. The van der Waals surface area contributed by atoms with Crippen LogP contribution in [0.15, 0.2) is 48.5 Å². The van der Waals surface area contributed by atoms with Crippen molar-refractivity contribution in [3.8, 4) is 5.75 Å². The standard InChI is InChI=1S/C17H17ClN2O3/c18-14-6-4-12(5-7-14)10-16(22)19-8-9-20-17(23)13-2-1-3-15(21)11-13/h1-7,11,21H,8-10H2,(H,19,22)(H,20,23). The van der Waals surface area contributed by atoms with Crippen molar-refractivity contribution < 1.29 is 14.7 Å². The molecule has 3 N–H and O–H groups in total. The van der Waals surface area contributed by atoms with Crippen molar-refractivity contribution in [1.82, 2.24) is 10.6 Å². The first-order valence-electron chi connectivity index (χ1n) is 7.13. The number of carbonyl (C=O) groups is 2. The number of benzene rings is 2. The van der Waals surface area contributed by atoms with Crippen LogP contribution in [0, 0.1) is 0 Å². The van der Waals surface area contributed by atoms with Crippen molar-refractivity contribution in [2.45, 2.75) is 6.42 Å². The summed E-state index contributed by atoms with van der Waals surface area (Å²) in [6, 6.07) is 13.1. The lowest BCUT2D eigenvalue weighted by molar-refractivity contribution is -0.120. The lowest BCUT2D eigenvalue weighted by atomic mass is 10.1. The van der Waals surface area contributed by atoms with E-state index in [-0.39, 0.29) is 24.0 Å². The van der Waals surface area contributed by atoms with Crippen LogP contribution in [0.3, 0.4) is 0 Å². The molecule has 0 saturated heterocycles. The van der Waals surface area contributed by atoms with E-state index in [1.807, 2.05) is 0 Å². The normalized spacial score (nSPS) is 10.1. The third-order valence-corrected chi connectivity index (χ3v) is 3.37. The van der Waals surface area contributed by atoms with Crippen molar-refractivity contribution in [3.63, 3.8) is 0 Å². The molecule has 5 nitrogen and oxygen atoms in total. The molecule has 0 aliphatic heterocycles. The van der Waals surface area contributed by atoms with Gasteiger partial charge in [0.15, 0.2) is 0 Å². The first-order valence-corrected chi connectivity index (χ1v) is 7.51. The average molecular weight is 333 g/mol. The molecular weight excluding hydrogens is 316 g/mol. The van der Waals surface area contributed by atoms with Crippen LogP contribution in [-0.2, 0) is 11.2 Å². The van der Waals surface area contributed by atoms with E-state index >= 15 is 0 Å². The highest BCUT2D eigenvalue weighted by atomic mass is 35.5. The molecule has 0 atom stereocenters. The summed E-state index contributed by atoms with van der Waals surface area (Å²) >= 11 is 5.78. The Bertz CT molecular complexity index is 686. The van der Waals surface area contributed by atoms with Crippen molar-refractivity contribution >= 4 is 23.4 Å². The summed E-state index contributed by atoms with van der Waals surface area (Å²) in [7, 11) is 0. The summed E-state index contributed by atoms with van der Waals surface area (Å²) in [6.45, 7) is 0.637. The van der Waals surface area contributed by atoms with Gasteiger partial charge in [0, 0.05) is 23.7 Å². The first kappa shape index (κ1) is 16.8. The molecule has 0 saturated carbocycles. The fourth-order valence-electron chi connectivity index (χ4n) is 1.98. The van der Waals surface area contributed by atoms with E-state index in [2.05, 4.69) is 10.6 Å². The van der Waals surface area contributed by atoms with Gasteiger partial charge in [0.1, 0.15) is 5.75 Å². The Hall–Kier alpha value is -2.53. The minimum Gasteiger partial charge on any atom is -0.508 e. The highest BCUT2D eigenvalue weighted by molar-refractivity contribution is 6.30. The second-order valence-corrected chi connectivity index (χ2v) is 5.40. The monoisotopic (exact) mass is 332 g/mol. The quantitative estimate of drug-likeness (QED) is 0.709. The van der Waals surface area contributed by atoms with Gasteiger partial charge in [-0.3, -0.25) is 9.59 Å². The fraction of sp³-hybridized carbons (Fsp3) is 0.176. The molecule has 6 heteroatoms. The van der Waals surface area contributed by atoms with Crippen LogP contribution >= 0.6 is 11.6 Å². The summed E-state index contributed by atoms with van der Waals surface area (Å²) in [5, 5.41) is 15.3. The van der Waals surface area contributed by atoms with E-state index in [0.29, 0.717) is 23.7 Å². The van der Waals surface area contributed by atoms with E-state index in [9.17, 15) is 14.7 Å². The second-order valence-electron chi connectivity index (χ2n) is 4.96. The summed E-state index contributed by atoms with van der Waals surface area (Å²) in [5.74, 6) is -0.388. The van der Waals surface area contributed by atoms with Gasteiger partial charge < -0.3 is 15.7 Å². The lowest BCUT2D eigenvalue weighted by Crippen LogP contribution is -2.35. The molecule has 0 aromatic heterocycles. The number of hydrogen-bond donors (Lipinski definition) is 3. The van der Waals surface area contributed by atoms with Gasteiger partial charge in [0.25, 0.3) is 5.91 Å². The summed E-state index contributed by atoms with van der Waals surface area (Å²) in [4.78, 5) is 23.6. The molecule has 23 heavy (non-hydrogen) atoms. The molecule has 0 fully saturated rings. The molecule has 0 aliphatic carbocycles. The molecule has 0 unspecified atom stereocenters. The van der Waals surface area contributed by atoms with E-state index in [1.54, 1.807) is 36.4 Å². The highest BCUT2D eigenvalue weighted by Crippen LogP contribution is 2.10. The number of amides is 2. The number of rotatable bonds is 6. The summed E-state index contributed by atoms with van der Waals surface area (Å²) in [5.41, 5.74) is 1.24. The van der Waals surface area contributed by atoms with Crippen molar-refractivity contribution in [1.29, 1.82) is 0 Å². The summed E-state index contributed by atoms with van der Waals surface area (Å²) < 4.78 is 0. The molecule has 0 radical (unpaired) electrons. The third kappa shape index (κ3) is 5.64. The predicted octanol–water partition coefficient (Wildman–Crippen LogP) is 2.13. The van der Waals surface area contributed by atoms with Crippen molar-refractivity contribution in [3.05, 3.63) is 64.7 Å². The molecular formula is C17H17ClN2O3. The number of phenols is 1. The number of halogens is 1. The number of hydrogen-bond acceptors (Lipinski definition) is 3. The van der Waals surface area contributed by atoms with E-state index in [0.717, 1.165) is 5.56 Å². The number of nitrogens with one attached hydrogen (secondary N) is 2. The zero-order valence-corrected chi connectivity index (χ0v) is 13.1. The number of phenolic OH excluding ortho intramolecular Hbond substituents is 1. The Labute approximate surface area is 139 Å². The van der Waals surface area contributed by atoms with E-state index in [4.69, 9.17) is 11.6 Å². The molecule has 2 aromatic carbocycles. The van der Waals surface area contributed by atoms with Crippen LogP contribution < -0.4 is 10.6 Å². The van der Waals surface area contributed by atoms with Crippen LogP contribution in [0.2, 0.25) is 5.02 Å². The molecule has 2 rings (SSSR count). The van der Waals surface area contributed by atoms with Gasteiger partial charge in [-0.25, -0.2) is 0 Å². The maximum absolute atomic E-state index is 11.8. The van der Waals surface area contributed by atoms with E-state index < -0.39 is 0 Å². The Morgan fingerprint density at radius 1 is 1.00 bits per heavy atom. The molecule has 0 aliphatic rings. The fourth-order valence-corrected chi connectivity index (χ4v) is 2.10. The Kier molecular flexibility index (Phi) is 6.00. The SMILES string of the molecule is O=C(Cc1ccc(Cl)cc1)NCCNC(=O)c1cccc(O)c1. The Balaban J connectivity index is 1.69. The van der Waals surface area contributed by atoms with Gasteiger partial charge in [-0.2, -0.15) is 0 Å². The van der Waals surface area contributed by atoms with Crippen LogP contribution in [0.5, 0.6) is 5.75 Å². The zero-order valence-electron chi connectivity index (χ0n) is 12.4. The first-order chi connectivity index (χ1) is 11.0. The van der Waals surface area contributed by atoms with Crippen molar-refractivity contribution in [2.24, 2.45) is 0 Å². The predicted molar refractivity (Wildman–Crippen MR) is 88.6 cm³/mol. The zero-order chi connectivity index (χ0) is 16.7. The second kappa shape index (κ2) is 8.19. The van der Waals surface area contributed by atoms with E-state index in [1.165, 1.54) is 12.1 Å². The van der Waals surface area contributed by atoms with Crippen LogP contribution in [-0.4, -0.2) is 30.0 Å². The Morgan fingerprint density at radius 3 is 2.39 bits per heavy atom. The van der Waals surface area contributed by atoms with Gasteiger partial charge in [-0.15, -0.1) is 0 Å². The topological polar surface area (TPSA) is 78.4 Å². The highest BCUT2D eigenvalue weighted by Gasteiger charge is 2.06. The van der Waals surface area contributed by atoms with Gasteiger partial charge >= 0.3 is 0 Å². The third-order valence-electron chi connectivity index (χ3n) is 3.12. The van der Waals surface area contributed by atoms with Crippen LogP contribution in [0.1, 0.15) is 15.9 Å². The molecule has 0 heterocycles. The minimum atomic E-state index is -0.298. The average Bonchev–Trinajstić information content (AvgIpc) is 2.53. The van der Waals surface area contributed by atoms with Gasteiger partial charge in [0.2, 0.25) is 5.91 Å². The molecule has 2 aromatic rings. The number of aromatic hydroxyl groups is 1. The van der Waals surface area contributed by atoms with Crippen molar-refractivity contribution in [2.75, 3.05) is 13.1 Å². The number of carbonyl (C=O) groups excluding carboxylic acids is 2. The minimum absolute atomic E-state index is 0.0360. The molecule has 2 amide bonds. The van der Waals surface area contributed by atoms with Crippen LogP contribution in [0.25, 0.3) is 0 Å². The lowest BCUT2D eigenvalue weighted by Gasteiger charge is -2.07. The largest absolute Gasteiger partial charge is 0.508 e. The van der Waals surface area contributed by atoms with Gasteiger partial charge in [0.05, 0.1) is 6.42 Å². The van der Waals surface area contributed by atoms with Crippen LogP contribution in [0.4, 0.5) is 0 Å². The van der Waals surface area contributed by atoms with Gasteiger partial charge in [-0.05, 0) is 35.9 Å². The van der Waals surface area contributed by atoms with Gasteiger partial charge in [-0.1, -0.05) is 29.8 Å². The molecule has 120 valence electrons.